The molecule has 2 amide bonds. The zero-order valence-corrected chi connectivity index (χ0v) is 15.0. The van der Waals surface area contributed by atoms with Gasteiger partial charge in [-0.15, -0.1) is 11.3 Å². The molecule has 1 heterocycles. The van der Waals surface area contributed by atoms with Gasteiger partial charge in [0.2, 0.25) is 0 Å². The molecule has 3 rings (SSSR count). The summed E-state index contributed by atoms with van der Waals surface area (Å²) in [6.45, 7) is 0.367. The Hall–Kier alpha value is -2.90. The molecule has 1 aromatic heterocycles. The average Bonchev–Trinajstić information content (AvgIpc) is 3.19. The van der Waals surface area contributed by atoms with Gasteiger partial charge in [0.1, 0.15) is 12.4 Å². The number of rotatable bonds is 5. The van der Waals surface area contributed by atoms with Crippen molar-refractivity contribution in [3.63, 3.8) is 0 Å². The molecule has 0 saturated carbocycles. The van der Waals surface area contributed by atoms with E-state index in [2.05, 4.69) is 15.8 Å². The van der Waals surface area contributed by atoms with Crippen LogP contribution in [0.1, 0.15) is 26.4 Å². The number of halogens is 1. The Kier molecular flexibility index (Phi) is 5.83. The highest BCUT2D eigenvalue weighted by Gasteiger charge is 2.09. The molecule has 6 nitrogen and oxygen atoms in total. The third-order valence-corrected chi connectivity index (χ3v) is 4.27. The number of hydrazine groups is 1. The highest BCUT2D eigenvalue weighted by atomic mass is 35.5. The quantitative estimate of drug-likeness (QED) is 0.657. The Morgan fingerprint density at radius 1 is 0.962 bits per heavy atom. The molecular formula is C18H14ClN3O3S. The predicted molar refractivity (Wildman–Crippen MR) is 99.3 cm³/mol. The van der Waals surface area contributed by atoms with Crippen molar-refractivity contribution >= 4 is 34.8 Å². The lowest BCUT2D eigenvalue weighted by Crippen LogP contribution is -2.41. The summed E-state index contributed by atoms with van der Waals surface area (Å²) in [6, 6.07) is 12.9. The summed E-state index contributed by atoms with van der Waals surface area (Å²) < 4.78 is 5.58. The number of benzene rings is 2. The number of carbonyl (C=O) groups excluding carboxylic acids is 2. The standard InChI is InChI=1S/C18H14ClN3O3S/c19-14-5-1-12(2-6-14)17(23)21-22-18(24)13-3-7-16(8-4-13)25-9-15-10-26-11-20-15/h1-8,10-11H,9H2,(H,21,23)(H,22,24). The van der Waals surface area contributed by atoms with Crippen molar-refractivity contribution in [2.75, 3.05) is 0 Å². The van der Waals surface area contributed by atoms with E-state index in [1.807, 2.05) is 5.38 Å². The van der Waals surface area contributed by atoms with Crippen LogP contribution in [0.5, 0.6) is 5.75 Å². The van der Waals surface area contributed by atoms with E-state index in [4.69, 9.17) is 16.3 Å². The second-order valence-electron chi connectivity index (χ2n) is 5.21. The van der Waals surface area contributed by atoms with Gasteiger partial charge in [0.25, 0.3) is 11.8 Å². The molecule has 3 aromatic rings. The van der Waals surface area contributed by atoms with Crippen LogP contribution >= 0.6 is 22.9 Å². The van der Waals surface area contributed by atoms with E-state index in [1.165, 1.54) is 11.3 Å². The molecule has 0 spiro atoms. The number of ether oxygens (including phenoxy) is 1. The molecule has 0 aliphatic rings. The van der Waals surface area contributed by atoms with Crippen molar-refractivity contribution in [1.82, 2.24) is 15.8 Å². The first kappa shape index (κ1) is 17.9. The van der Waals surface area contributed by atoms with Crippen LogP contribution in [0.15, 0.2) is 59.4 Å². The second kappa shape index (κ2) is 8.46. The maximum Gasteiger partial charge on any atom is 0.269 e. The summed E-state index contributed by atoms with van der Waals surface area (Å²) in [4.78, 5) is 28.2. The van der Waals surface area contributed by atoms with E-state index >= 15 is 0 Å². The summed E-state index contributed by atoms with van der Waals surface area (Å²) in [7, 11) is 0. The third-order valence-electron chi connectivity index (χ3n) is 3.38. The van der Waals surface area contributed by atoms with Crippen LogP contribution < -0.4 is 15.6 Å². The van der Waals surface area contributed by atoms with Crippen LogP contribution in [0.4, 0.5) is 0 Å². The molecule has 132 valence electrons. The van der Waals surface area contributed by atoms with Crippen LogP contribution in [-0.2, 0) is 6.61 Å². The van der Waals surface area contributed by atoms with Gasteiger partial charge in [-0.25, -0.2) is 4.98 Å². The number of amides is 2. The molecule has 0 aliphatic heterocycles. The molecule has 2 aromatic carbocycles. The first-order valence-corrected chi connectivity index (χ1v) is 8.90. The molecule has 26 heavy (non-hydrogen) atoms. The number of carbonyl (C=O) groups is 2. The number of aromatic nitrogens is 1. The van der Waals surface area contributed by atoms with Crippen LogP contribution in [0.3, 0.4) is 0 Å². The maximum absolute atomic E-state index is 12.1. The lowest BCUT2D eigenvalue weighted by Gasteiger charge is -2.08. The second-order valence-corrected chi connectivity index (χ2v) is 6.36. The zero-order valence-electron chi connectivity index (χ0n) is 13.4. The number of hydrogen-bond acceptors (Lipinski definition) is 5. The lowest BCUT2D eigenvalue weighted by atomic mass is 10.2. The van der Waals surface area contributed by atoms with E-state index in [-0.39, 0.29) is 0 Å². The van der Waals surface area contributed by atoms with Gasteiger partial charge in [0, 0.05) is 21.5 Å². The van der Waals surface area contributed by atoms with E-state index in [9.17, 15) is 9.59 Å². The van der Waals surface area contributed by atoms with Gasteiger partial charge >= 0.3 is 0 Å². The van der Waals surface area contributed by atoms with Gasteiger partial charge < -0.3 is 4.74 Å². The molecule has 0 aliphatic carbocycles. The van der Waals surface area contributed by atoms with Gasteiger partial charge in [0.15, 0.2) is 0 Å². The average molecular weight is 388 g/mol. The summed E-state index contributed by atoms with van der Waals surface area (Å²) in [5, 5.41) is 2.44. The number of nitrogens with zero attached hydrogens (tertiary/aromatic N) is 1. The highest BCUT2D eigenvalue weighted by Crippen LogP contribution is 2.14. The fourth-order valence-electron chi connectivity index (χ4n) is 2.03. The smallest absolute Gasteiger partial charge is 0.269 e. The van der Waals surface area contributed by atoms with Crippen molar-refractivity contribution in [2.24, 2.45) is 0 Å². The van der Waals surface area contributed by atoms with Crippen LogP contribution in [0, 0.1) is 0 Å². The maximum atomic E-state index is 12.1. The molecule has 8 heteroatoms. The molecule has 0 bridgehead atoms. The van der Waals surface area contributed by atoms with Crippen molar-refractivity contribution in [3.8, 4) is 5.75 Å². The highest BCUT2D eigenvalue weighted by molar-refractivity contribution is 7.07. The monoisotopic (exact) mass is 387 g/mol. The number of hydrogen-bond donors (Lipinski definition) is 2. The van der Waals surface area contributed by atoms with Crippen molar-refractivity contribution in [3.05, 3.63) is 81.3 Å². The summed E-state index contributed by atoms with van der Waals surface area (Å²) >= 11 is 7.28. The molecule has 0 saturated heterocycles. The van der Waals surface area contributed by atoms with Gasteiger partial charge in [-0.05, 0) is 48.5 Å². The molecule has 0 radical (unpaired) electrons. The lowest BCUT2D eigenvalue weighted by molar-refractivity contribution is 0.0846. The largest absolute Gasteiger partial charge is 0.487 e. The van der Waals surface area contributed by atoms with Crippen LogP contribution in [0.2, 0.25) is 5.02 Å². The topological polar surface area (TPSA) is 80.3 Å². The number of nitrogens with one attached hydrogen (secondary N) is 2. The van der Waals surface area contributed by atoms with E-state index in [0.717, 1.165) is 5.69 Å². The Morgan fingerprint density at radius 3 is 2.08 bits per heavy atom. The Labute approximate surface area is 158 Å². The Morgan fingerprint density at radius 2 is 1.54 bits per heavy atom. The van der Waals surface area contributed by atoms with Gasteiger partial charge in [-0.1, -0.05) is 11.6 Å². The van der Waals surface area contributed by atoms with Gasteiger partial charge in [0.05, 0.1) is 11.2 Å². The van der Waals surface area contributed by atoms with Crippen molar-refractivity contribution < 1.29 is 14.3 Å². The van der Waals surface area contributed by atoms with E-state index in [1.54, 1.807) is 54.0 Å². The Bertz CT molecular complexity index is 881. The van der Waals surface area contributed by atoms with Gasteiger partial charge in [-0.2, -0.15) is 0 Å². The first-order chi connectivity index (χ1) is 12.6. The molecule has 2 N–H and O–H groups in total. The SMILES string of the molecule is O=C(NNC(=O)c1ccc(OCc2cscn2)cc1)c1ccc(Cl)cc1. The summed E-state index contributed by atoms with van der Waals surface area (Å²) in [6.07, 6.45) is 0. The van der Waals surface area contributed by atoms with Crippen molar-refractivity contribution in [1.29, 1.82) is 0 Å². The zero-order chi connectivity index (χ0) is 18.4. The molecular weight excluding hydrogens is 374 g/mol. The summed E-state index contributed by atoms with van der Waals surface area (Å²) in [5.41, 5.74) is 8.09. The van der Waals surface area contributed by atoms with Crippen LogP contribution in [-0.4, -0.2) is 16.8 Å². The molecule has 0 unspecified atom stereocenters. The first-order valence-electron chi connectivity index (χ1n) is 7.58. The normalized spacial score (nSPS) is 10.2. The van der Waals surface area contributed by atoms with Gasteiger partial charge in [-0.3, -0.25) is 20.4 Å². The van der Waals surface area contributed by atoms with E-state index < -0.39 is 11.8 Å². The third kappa shape index (κ3) is 4.81. The molecule has 0 atom stereocenters. The van der Waals surface area contributed by atoms with Crippen molar-refractivity contribution in [2.45, 2.75) is 6.61 Å². The van der Waals surface area contributed by atoms with E-state index in [0.29, 0.717) is 28.5 Å². The minimum Gasteiger partial charge on any atom is -0.487 e. The number of thiazole rings is 1. The minimum absolute atomic E-state index is 0.367. The fourth-order valence-corrected chi connectivity index (χ4v) is 2.70. The predicted octanol–water partition coefficient (Wildman–Crippen LogP) is 3.45. The minimum atomic E-state index is -0.432. The summed E-state index contributed by atoms with van der Waals surface area (Å²) in [5.74, 6) is -0.239. The van der Waals surface area contributed by atoms with Crippen LogP contribution in [0.25, 0.3) is 0 Å². The molecule has 0 fully saturated rings. The fraction of sp³-hybridized carbons (Fsp3) is 0.0556. The Balaban J connectivity index is 1.51.